The van der Waals surface area contributed by atoms with Crippen LogP contribution in [0.4, 0.5) is 5.13 Å². The van der Waals surface area contributed by atoms with Crippen LogP contribution in [0.5, 0.6) is 0 Å². The van der Waals surface area contributed by atoms with Crippen molar-refractivity contribution in [1.82, 2.24) is 9.29 Å². The zero-order valence-electron chi connectivity index (χ0n) is 18.2. The number of amides is 1. The quantitative estimate of drug-likeness (QED) is 0.561. The third-order valence-corrected chi connectivity index (χ3v) is 9.04. The van der Waals surface area contributed by atoms with E-state index in [0.29, 0.717) is 15.3 Å². The van der Waals surface area contributed by atoms with Crippen LogP contribution >= 0.6 is 11.3 Å². The van der Waals surface area contributed by atoms with Gasteiger partial charge in [0.1, 0.15) is 0 Å². The maximum Gasteiger partial charge on any atom is 0.257 e. The Morgan fingerprint density at radius 2 is 1.64 bits per heavy atom. The van der Waals surface area contributed by atoms with E-state index >= 15 is 0 Å². The Kier molecular flexibility index (Phi) is 6.31. The average Bonchev–Trinajstić information content (AvgIpc) is 3.14. The zero-order chi connectivity index (χ0) is 24.0. The summed E-state index contributed by atoms with van der Waals surface area (Å²) in [6, 6.07) is 10.3. The summed E-state index contributed by atoms with van der Waals surface area (Å²) < 4.78 is 57.0. The minimum atomic E-state index is -3.70. The van der Waals surface area contributed by atoms with Gasteiger partial charge in [0.25, 0.3) is 5.91 Å². The number of benzene rings is 2. The highest BCUT2D eigenvalue weighted by Gasteiger charge is 2.32. The van der Waals surface area contributed by atoms with Crippen molar-refractivity contribution < 1.29 is 26.4 Å². The van der Waals surface area contributed by atoms with Gasteiger partial charge in [0.05, 0.1) is 32.2 Å². The highest BCUT2D eigenvalue weighted by molar-refractivity contribution is 7.90. The van der Waals surface area contributed by atoms with Crippen LogP contribution in [0.15, 0.2) is 52.3 Å². The highest BCUT2D eigenvalue weighted by Crippen LogP contribution is 2.29. The minimum Gasteiger partial charge on any atom is -0.373 e. The van der Waals surface area contributed by atoms with Crippen molar-refractivity contribution in [2.75, 3.05) is 24.7 Å². The largest absolute Gasteiger partial charge is 0.373 e. The first-order chi connectivity index (χ1) is 15.4. The van der Waals surface area contributed by atoms with E-state index in [9.17, 15) is 21.6 Å². The fourth-order valence-corrected chi connectivity index (χ4v) is 6.83. The van der Waals surface area contributed by atoms with Gasteiger partial charge in [0.15, 0.2) is 15.0 Å². The second kappa shape index (κ2) is 8.76. The maximum absolute atomic E-state index is 13.0. The molecule has 0 saturated carbocycles. The summed E-state index contributed by atoms with van der Waals surface area (Å²) in [5.41, 5.74) is 0.840. The first kappa shape index (κ1) is 23.8. The van der Waals surface area contributed by atoms with Gasteiger partial charge in [0.2, 0.25) is 10.0 Å². The van der Waals surface area contributed by atoms with Gasteiger partial charge < -0.3 is 4.74 Å². The fraction of sp³-hybridized carbons (Fsp3) is 0.333. The molecule has 12 heteroatoms. The van der Waals surface area contributed by atoms with Crippen molar-refractivity contribution in [3.63, 3.8) is 0 Å². The van der Waals surface area contributed by atoms with E-state index in [2.05, 4.69) is 10.3 Å². The molecule has 1 N–H and O–H groups in total. The van der Waals surface area contributed by atoms with Crippen molar-refractivity contribution >= 4 is 52.5 Å². The predicted octanol–water partition coefficient (Wildman–Crippen LogP) is 2.75. The molecule has 1 aliphatic heterocycles. The van der Waals surface area contributed by atoms with Crippen molar-refractivity contribution in [3.05, 3.63) is 48.0 Å². The molecule has 2 heterocycles. The van der Waals surface area contributed by atoms with Gasteiger partial charge in [-0.15, -0.1) is 0 Å². The van der Waals surface area contributed by atoms with Gasteiger partial charge >= 0.3 is 0 Å². The lowest BCUT2D eigenvalue weighted by atomic mass is 10.2. The smallest absolute Gasteiger partial charge is 0.257 e. The molecule has 33 heavy (non-hydrogen) atoms. The number of sulfonamides is 1. The number of sulfone groups is 1. The maximum atomic E-state index is 13.0. The van der Waals surface area contributed by atoms with Crippen LogP contribution in [0, 0.1) is 0 Å². The van der Waals surface area contributed by atoms with Gasteiger partial charge in [0, 0.05) is 24.9 Å². The molecule has 1 amide bonds. The van der Waals surface area contributed by atoms with E-state index in [1.165, 1.54) is 40.7 Å². The summed E-state index contributed by atoms with van der Waals surface area (Å²) in [6.07, 6.45) is 0.730. The van der Waals surface area contributed by atoms with E-state index in [1.54, 1.807) is 6.07 Å². The summed E-state index contributed by atoms with van der Waals surface area (Å²) in [4.78, 5) is 17.2. The molecule has 176 valence electrons. The molecule has 3 aromatic rings. The summed E-state index contributed by atoms with van der Waals surface area (Å²) in [7, 11) is -7.05. The number of carbonyl (C=O) groups is 1. The van der Waals surface area contributed by atoms with Crippen molar-refractivity contribution in [1.29, 1.82) is 0 Å². The third-order valence-electron chi connectivity index (χ3n) is 5.15. The molecular formula is C21H23N3O6S3. The van der Waals surface area contributed by atoms with Crippen LogP contribution in [0.1, 0.15) is 24.2 Å². The van der Waals surface area contributed by atoms with E-state index in [4.69, 9.17) is 4.74 Å². The number of hydrogen-bond donors (Lipinski definition) is 1. The molecule has 9 nitrogen and oxygen atoms in total. The molecule has 0 unspecified atom stereocenters. The molecular weight excluding hydrogens is 486 g/mol. The summed E-state index contributed by atoms with van der Waals surface area (Å²) >= 11 is 1.16. The van der Waals surface area contributed by atoms with Crippen LogP contribution in [0.3, 0.4) is 0 Å². The Morgan fingerprint density at radius 3 is 2.24 bits per heavy atom. The van der Waals surface area contributed by atoms with E-state index in [0.717, 1.165) is 17.6 Å². The second-order valence-corrected chi connectivity index (χ2v) is 13.0. The van der Waals surface area contributed by atoms with Crippen LogP contribution in [0.25, 0.3) is 10.2 Å². The molecule has 1 aliphatic rings. The van der Waals surface area contributed by atoms with Crippen LogP contribution in [-0.2, 0) is 24.6 Å². The number of nitrogens with one attached hydrogen (secondary N) is 1. The first-order valence-electron chi connectivity index (χ1n) is 10.1. The summed E-state index contributed by atoms with van der Waals surface area (Å²) in [5, 5.41) is 3.00. The number of thiazole rings is 1. The standard InChI is InChI=1S/C21H23N3O6S3/c1-13-11-24(12-14(2)30-13)33(28,29)16-6-4-15(5-7-16)20(25)23-21-22-18-9-8-17(32(3,26)27)10-19(18)31-21/h4-10,13-14H,11-12H2,1-3H3,(H,22,23,25)/t13-,14-/m1/s1. The molecule has 0 aliphatic carbocycles. The number of hydrogen-bond acceptors (Lipinski definition) is 8. The number of rotatable bonds is 5. The zero-order valence-corrected chi connectivity index (χ0v) is 20.6. The number of anilines is 1. The Morgan fingerprint density at radius 1 is 1.03 bits per heavy atom. The Labute approximate surface area is 196 Å². The molecule has 0 radical (unpaired) electrons. The van der Waals surface area contributed by atoms with Crippen LogP contribution < -0.4 is 5.32 Å². The molecule has 2 aromatic carbocycles. The lowest BCUT2D eigenvalue weighted by Crippen LogP contribution is -2.48. The van der Waals surface area contributed by atoms with E-state index in [1.807, 2.05) is 13.8 Å². The second-order valence-electron chi connectivity index (χ2n) is 7.98. The summed E-state index contributed by atoms with van der Waals surface area (Å²) in [5.74, 6) is -0.449. The molecule has 1 aromatic heterocycles. The number of carbonyl (C=O) groups excluding carboxylic acids is 1. The monoisotopic (exact) mass is 509 g/mol. The van der Waals surface area contributed by atoms with Gasteiger partial charge in [-0.2, -0.15) is 4.31 Å². The lowest BCUT2D eigenvalue weighted by molar-refractivity contribution is -0.0440. The summed E-state index contributed by atoms with van der Waals surface area (Å²) in [6.45, 7) is 4.20. The van der Waals surface area contributed by atoms with Gasteiger partial charge in [-0.1, -0.05) is 11.3 Å². The highest BCUT2D eigenvalue weighted by atomic mass is 32.2. The average molecular weight is 510 g/mol. The third kappa shape index (κ3) is 5.09. The lowest BCUT2D eigenvalue weighted by Gasteiger charge is -2.34. The molecule has 0 bridgehead atoms. The number of fused-ring (bicyclic) bond motifs is 1. The van der Waals surface area contributed by atoms with Crippen LogP contribution in [0.2, 0.25) is 0 Å². The van der Waals surface area contributed by atoms with Crippen molar-refractivity contribution in [2.45, 2.75) is 35.8 Å². The number of aromatic nitrogens is 1. The van der Waals surface area contributed by atoms with Crippen molar-refractivity contribution in [2.24, 2.45) is 0 Å². The number of ether oxygens (including phenoxy) is 1. The molecule has 0 spiro atoms. The van der Waals surface area contributed by atoms with Crippen LogP contribution in [-0.4, -0.2) is 63.6 Å². The fourth-order valence-electron chi connectivity index (χ4n) is 3.61. The Balaban J connectivity index is 1.50. The van der Waals surface area contributed by atoms with Gasteiger partial charge in [-0.25, -0.2) is 21.8 Å². The molecule has 1 saturated heterocycles. The SMILES string of the molecule is C[C@@H]1CN(S(=O)(=O)c2ccc(C(=O)Nc3nc4ccc(S(C)(=O)=O)cc4s3)cc2)C[C@@H](C)O1. The first-order valence-corrected chi connectivity index (χ1v) is 14.3. The molecule has 1 fully saturated rings. The normalized spacial score (nSPS) is 20.1. The topological polar surface area (TPSA) is 123 Å². The minimum absolute atomic E-state index is 0.105. The number of morpholine rings is 1. The van der Waals surface area contributed by atoms with Gasteiger partial charge in [-0.05, 0) is 56.3 Å². The van der Waals surface area contributed by atoms with E-state index < -0.39 is 25.8 Å². The Bertz CT molecular complexity index is 1410. The van der Waals surface area contributed by atoms with Crippen molar-refractivity contribution in [3.8, 4) is 0 Å². The molecule has 2 atom stereocenters. The Hall–Kier alpha value is -2.38. The van der Waals surface area contributed by atoms with Gasteiger partial charge in [-0.3, -0.25) is 10.1 Å². The number of nitrogens with zero attached hydrogens (tertiary/aromatic N) is 2. The van der Waals surface area contributed by atoms with E-state index in [-0.39, 0.29) is 40.7 Å². The predicted molar refractivity (Wildman–Crippen MR) is 126 cm³/mol. The molecule has 4 rings (SSSR count).